The molecule has 0 aliphatic rings. The van der Waals surface area contributed by atoms with E-state index in [2.05, 4.69) is 285 Å². The van der Waals surface area contributed by atoms with Gasteiger partial charge in [-0.2, -0.15) is 0 Å². The fourth-order valence-corrected chi connectivity index (χ4v) is 14.3. The topological polar surface area (TPSA) is 251 Å². The van der Waals surface area contributed by atoms with Crippen molar-refractivity contribution in [1.82, 2.24) is 24.9 Å². The number of aliphatic hydroxyl groups excluding tert-OH is 5. The minimum atomic E-state index is -0.125. The molecule has 0 aliphatic carbocycles. The molecule has 0 amide bonds. The van der Waals surface area contributed by atoms with Crippen LogP contribution in [0.1, 0.15) is 164 Å². The van der Waals surface area contributed by atoms with Gasteiger partial charge >= 0.3 is 0 Å². The molecule has 0 spiro atoms. The first-order valence-corrected chi connectivity index (χ1v) is 46.3. The van der Waals surface area contributed by atoms with Crippen molar-refractivity contribution in [2.75, 3.05) is 0 Å². The molecule has 5 radical (unpaired) electrons. The number of allylic oxidation sites excluding steroid dienone is 10. The van der Waals surface area contributed by atoms with Crippen LogP contribution in [0, 0.1) is 111 Å². The second kappa shape index (κ2) is 68.1. The fraction of sp³-hybridized carbons (Fsp3) is 0.226. The van der Waals surface area contributed by atoms with E-state index in [4.69, 9.17) is 30.4 Å². The zero-order valence-electron chi connectivity index (χ0n) is 86.3. The normalized spacial score (nSPS) is 10.6. The number of pyridine rings is 5. The largest absolute Gasteiger partial charge is 0.512 e. The van der Waals surface area contributed by atoms with Gasteiger partial charge in [0.25, 0.3) is 0 Å². The summed E-state index contributed by atoms with van der Waals surface area (Å²) in [5.41, 5.74) is 33.4. The number of carbonyl (C=O) groups excluding carboxylic acids is 5. The van der Waals surface area contributed by atoms with Crippen LogP contribution in [0.5, 0.6) is 0 Å². The van der Waals surface area contributed by atoms with Gasteiger partial charge in [-0.05, 0) is 229 Å². The van der Waals surface area contributed by atoms with Crippen LogP contribution < -0.4 is 0 Å². The van der Waals surface area contributed by atoms with Crippen molar-refractivity contribution in [2.24, 2.45) is 11.8 Å². The number of nitrogens with zero attached hydrogens (tertiary/aromatic N) is 5. The number of benzene rings is 10. The monoisotopic (exact) mass is 2820 g/mol. The summed E-state index contributed by atoms with van der Waals surface area (Å²) in [5.74, 6) is 0.729. The molecule has 5 heterocycles. The molecule has 0 saturated carbocycles. The number of aromatic nitrogens is 5. The summed E-state index contributed by atoms with van der Waals surface area (Å²) in [4.78, 5) is 74.3. The Balaban J connectivity index is 0.000000817. The van der Waals surface area contributed by atoms with Crippen molar-refractivity contribution in [3.05, 3.63) is 424 Å². The third-order valence-electron chi connectivity index (χ3n) is 20.4. The summed E-state index contributed by atoms with van der Waals surface area (Å²) < 4.78 is 0. The Hall–Kier alpha value is -12.2. The molecule has 15 aromatic rings. The fourth-order valence-electron chi connectivity index (χ4n) is 14.3. The summed E-state index contributed by atoms with van der Waals surface area (Å²) in [6.45, 7) is 42.8. The molecule has 0 bridgehead atoms. The molecule has 15 rings (SSSR count). The number of ketones is 5. The van der Waals surface area contributed by atoms with E-state index in [1.54, 1.807) is 0 Å². The van der Waals surface area contributed by atoms with E-state index in [-0.39, 0.29) is 158 Å². The number of aliphatic hydroxyl groups is 5. The molecule has 15 nitrogen and oxygen atoms in total. The minimum absolute atomic E-state index is 0. The van der Waals surface area contributed by atoms with Crippen LogP contribution in [0.3, 0.4) is 0 Å². The van der Waals surface area contributed by atoms with Gasteiger partial charge in [-0.15, -0.1) is 177 Å². The van der Waals surface area contributed by atoms with Crippen molar-refractivity contribution in [3.63, 3.8) is 0 Å². The van der Waals surface area contributed by atoms with Gasteiger partial charge in [0.15, 0.2) is 28.9 Å². The third-order valence-corrected chi connectivity index (χ3v) is 20.4. The Morgan fingerprint density at radius 3 is 1.14 bits per heavy atom. The molecule has 0 atom stereocenters. The van der Waals surface area contributed by atoms with Crippen molar-refractivity contribution in [2.45, 2.75) is 179 Å². The number of para-hydroxylation sites is 1. The maximum atomic E-state index is 11.2. The minimum Gasteiger partial charge on any atom is -0.512 e. The van der Waals surface area contributed by atoms with Crippen LogP contribution in [0.2, 0.25) is 0 Å². The summed E-state index contributed by atoms with van der Waals surface area (Å²) in [7, 11) is 0. The Labute approximate surface area is 921 Å². The average molecular weight is 2810 g/mol. The van der Waals surface area contributed by atoms with Crippen molar-refractivity contribution in [1.29, 1.82) is 0 Å². The zero-order valence-corrected chi connectivity index (χ0v) is 98.3. The molecular formula is C124H132Ir5N5O10-5. The van der Waals surface area contributed by atoms with E-state index >= 15 is 0 Å². The van der Waals surface area contributed by atoms with Crippen LogP contribution in [0.25, 0.3) is 111 Å². The smallest absolute Gasteiger partial charge is 0.159 e. The van der Waals surface area contributed by atoms with Crippen LogP contribution in [-0.2, 0) is 131 Å². The van der Waals surface area contributed by atoms with Crippen molar-refractivity contribution in [3.8, 4) is 89.7 Å². The standard InChI is InChI=1S/C19H18N.2C19H16N.C18H16N.C18H14N.C11H20O2.4C5H8O2.5Ir/c1-12-8-13(2)10-16(9-12)18-11-15(4)19-14(3)6-5-7-17(19)20-18;1-14-8-9-17(12-15(14)2)18-10-11-20-19(13-18)16-6-4-3-5-7-16;1-2-15-13-19(17-11-7-4-8-12-17)20-14-18(15)16-9-5-3-6-10-16;1-12-8-13(2)10-15(9-12)18-11-14(3)16-6-4-5-7-17(16)19-18;1-14-7-9-15(10-8-14)17-11-12-19-18(13-17)16-5-3-2-4-6-16;1-8(2)5-10(12)7-11(13)6-9(3)4;4*1-4(6)3-5(2)7;;;;;/h5-9,11H,1-4H3;3-6,8-13H,1-2H3;3-11,13-14H,2H2,1H3;4-9,11H,1-3H3;2-5,7-13H,1H3;7-9,12H,5-6H2,1-4H3;4*3,6H,1-2H3;;;;;/q5*-1;;;;;;;;;;. The Kier molecular flexibility index (Phi) is 61.4. The Morgan fingerprint density at radius 1 is 0.326 bits per heavy atom. The molecule has 20 heteroatoms. The average Bonchev–Trinajstić information content (AvgIpc) is 0.782. The van der Waals surface area contributed by atoms with Gasteiger partial charge < -0.3 is 40.5 Å². The maximum Gasteiger partial charge on any atom is 0.159 e. The van der Waals surface area contributed by atoms with Crippen molar-refractivity contribution >= 4 is 50.7 Å². The Morgan fingerprint density at radius 2 is 0.729 bits per heavy atom. The van der Waals surface area contributed by atoms with Gasteiger partial charge in [-0.25, -0.2) is 0 Å². The number of fused-ring (bicyclic) bond motifs is 2. The SMILES string of the molecule is CC(=O)C=C(C)O.CC(=O)C=C(C)O.CC(=O)C=C(C)O.CC(=O)C=C(C)O.CC(C)CC(=O)C=C(O)CC(C)C.CCc1cc(-c2[c-]cccc2)ncc1-c1ccccc1.Cc1[c-]c(-c2cc(C)c3c(C)cccc3n2)cc(C)c1.Cc1[c-]c(-c2cc(C)c3ccccc3n2)cc(C)c1.Cc1ccc(-c2ccnc(-c3[c-]cccc3)c2)cc1.Cc1ccc(-c2ccnc(-c3[c-]cccc3)c2)cc1C.[Ir].[Ir].[Ir].[Ir].[Ir]. The molecule has 5 aromatic heterocycles. The van der Waals surface area contributed by atoms with Gasteiger partial charge in [0.2, 0.25) is 0 Å². The van der Waals surface area contributed by atoms with Crippen LogP contribution in [-0.4, -0.2) is 79.4 Å². The van der Waals surface area contributed by atoms with Gasteiger partial charge in [-0.1, -0.05) is 201 Å². The number of aryl methyl sites for hydroxylation is 11. The van der Waals surface area contributed by atoms with E-state index in [0.29, 0.717) is 24.7 Å². The first kappa shape index (κ1) is 130. The molecule has 0 unspecified atom stereocenters. The second-order valence-corrected chi connectivity index (χ2v) is 34.8. The molecule has 0 aliphatic heterocycles. The molecule has 0 saturated heterocycles. The van der Waals surface area contributed by atoms with Crippen LogP contribution in [0.15, 0.2) is 333 Å². The number of hydrogen-bond acceptors (Lipinski definition) is 15. The summed E-state index contributed by atoms with van der Waals surface area (Å²) in [6, 6.07) is 104. The van der Waals surface area contributed by atoms with Crippen LogP contribution >= 0.6 is 0 Å². The molecule has 144 heavy (non-hydrogen) atoms. The summed E-state index contributed by atoms with van der Waals surface area (Å²) in [5, 5.41) is 45.3. The van der Waals surface area contributed by atoms with E-state index in [1.807, 2.05) is 137 Å². The first-order valence-electron chi connectivity index (χ1n) is 46.3. The van der Waals surface area contributed by atoms with E-state index in [9.17, 15) is 29.1 Å². The quantitative estimate of drug-likeness (QED) is 0.0304. The predicted octanol–water partition coefficient (Wildman–Crippen LogP) is 30.9. The molecular weight excluding hydrogens is 2680 g/mol. The maximum absolute atomic E-state index is 11.2. The zero-order chi connectivity index (χ0) is 102. The Bertz CT molecular complexity index is 6570. The van der Waals surface area contributed by atoms with Gasteiger partial charge in [-0.3, -0.25) is 33.9 Å². The van der Waals surface area contributed by atoms with E-state index < -0.39 is 0 Å². The van der Waals surface area contributed by atoms with E-state index in [1.165, 1.54) is 180 Å². The summed E-state index contributed by atoms with van der Waals surface area (Å²) >= 11 is 0. The third kappa shape index (κ3) is 48.4. The van der Waals surface area contributed by atoms with Gasteiger partial charge in [0.05, 0.1) is 39.8 Å². The first-order chi connectivity index (χ1) is 66.0. The molecule has 10 aromatic carbocycles. The number of rotatable bonds is 18. The van der Waals surface area contributed by atoms with Crippen molar-refractivity contribution < 1.29 is 150 Å². The molecule has 0 fully saturated rings. The number of carbonyl (C=O) groups is 5. The number of hydrogen-bond donors (Lipinski definition) is 5. The molecule has 763 valence electrons. The van der Waals surface area contributed by atoms with E-state index in [0.717, 1.165) is 84.9 Å². The second-order valence-electron chi connectivity index (χ2n) is 34.8. The van der Waals surface area contributed by atoms with Gasteiger partial charge in [0.1, 0.15) is 0 Å². The van der Waals surface area contributed by atoms with Crippen LogP contribution in [0.4, 0.5) is 0 Å². The van der Waals surface area contributed by atoms with Gasteiger partial charge in [0, 0.05) is 179 Å². The molecule has 5 N–H and O–H groups in total. The summed E-state index contributed by atoms with van der Waals surface area (Å²) in [6.07, 6.45) is 13.8. The predicted molar refractivity (Wildman–Crippen MR) is 574 cm³/mol.